The summed E-state index contributed by atoms with van der Waals surface area (Å²) in [5.41, 5.74) is 0.818. The van der Waals surface area contributed by atoms with Gasteiger partial charge in [-0.2, -0.15) is 4.37 Å². The minimum Gasteiger partial charge on any atom is -0.481 e. The normalized spacial score (nSPS) is 12.3. The van der Waals surface area contributed by atoms with E-state index in [1.54, 1.807) is 0 Å². The summed E-state index contributed by atoms with van der Waals surface area (Å²) in [6.45, 7) is 1.83. The monoisotopic (exact) mass is 280 g/mol. The predicted octanol–water partition coefficient (Wildman–Crippen LogP) is 2.81. The van der Waals surface area contributed by atoms with Crippen molar-refractivity contribution in [3.63, 3.8) is 0 Å². The van der Waals surface area contributed by atoms with Gasteiger partial charge in [0.15, 0.2) is 4.34 Å². The smallest absolute Gasteiger partial charge is 0.311 e. The second kappa shape index (κ2) is 5.97. The lowest BCUT2D eigenvalue weighted by Crippen LogP contribution is -2.13. The van der Waals surface area contributed by atoms with Crippen LogP contribution in [0.3, 0.4) is 0 Å². The standard InChI is InChI=1S/C12H12N2O2S2/c1-8-13-12(18-14-8)17-7-10(11(15)16)9-5-3-2-4-6-9/h2-6,10H,7H2,1H3,(H,15,16). The van der Waals surface area contributed by atoms with Crippen LogP contribution >= 0.6 is 23.3 Å². The average molecular weight is 280 g/mol. The number of rotatable bonds is 5. The van der Waals surface area contributed by atoms with E-state index in [2.05, 4.69) is 9.36 Å². The van der Waals surface area contributed by atoms with Crippen molar-refractivity contribution >= 4 is 29.3 Å². The van der Waals surface area contributed by atoms with Crippen molar-refractivity contribution in [1.29, 1.82) is 0 Å². The molecule has 0 saturated heterocycles. The first-order valence-electron chi connectivity index (χ1n) is 5.37. The maximum Gasteiger partial charge on any atom is 0.311 e. The lowest BCUT2D eigenvalue weighted by atomic mass is 10.0. The van der Waals surface area contributed by atoms with E-state index in [1.807, 2.05) is 37.3 Å². The molecule has 2 rings (SSSR count). The Hall–Kier alpha value is -1.40. The number of carboxylic acid groups (broad SMARTS) is 1. The van der Waals surface area contributed by atoms with Crippen molar-refractivity contribution < 1.29 is 9.90 Å². The largest absolute Gasteiger partial charge is 0.481 e. The summed E-state index contributed by atoms with van der Waals surface area (Å²) in [5, 5.41) is 9.26. The minimum atomic E-state index is -0.810. The molecule has 1 heterocycles. The highest BCUT2D eigenvalue weighted by atomic mass is 32.2. The molecule has 6 heteroatoms. The summed E-state index contributed by atoms with van der Waals surface area (Å²) in [6, 6.07) is 9.26. The Bertz CT molecular complexity index is 528. The Kier molecular flexibility index (Phi) is 4.33. The predicted molar refractivity (Wildman–Crippen MR) is 72.2 cm³/mol. The lowest BCUT2D eigenvalue weighted by Gasteiger charge is -2.10. The van der Waals surface area contributed by atoms with Crippen molar-refractivity contribution in [3.8, 4) is 0 Å². The number of hydrogen-bond donors (Lipinski definition) is 1. The molecular formula is C12H12N2O2S2. The van der Waals surface area contributed by atoms with Crippen LogP contribution in [0.4, 0.5) is 0 Å². The van der Waals surface area contributed by atoms with E-state index in [-0.39, 0.29) is 0 Å². The van der Waals surface area contributed by atoms with E-state index < -0.39 is 11.9 Å². The Morgan fingerprint density at radius 2 is 2.17 bits per heavy atom. The van der Waals surface area contributed by atoms with Crippen molar-refractivity contribution in [3.05, 3.63) is 41.7 Å². The van der Waals surface area contributed by atoms with Gasteiger partial charge in [-0.15, -0.1) is 0 Å². The molecule has 0 radical (unpaired) electrons. The summed E-state index contributed by atoms with van der Waals surface area (Å²) < 4.78 is 4.89. The highest BCUT2D eigenvalue weighted by Crippen LogP contribution is 2.27. The van der Waals surface area contributed by atoms with Crippen molar-refractivity contribution in [2.75, 3.05) is 5.75 Å². The molecule has 0 amide bonds. The third kappa shape index (κ3) is 3.30. The topological polar surface area (TPSA) is 63.1 Å². The molecule has 4 nitrogen and oxygen atoms in total. The van der Waals surface area contributed by atoms with Crippen LogP contribution in [0.15, 0.2) is 34.7 Å². The Morgan fingerprint density at radius 3 is 2.72 bits per heavy atom. The third-order valence-electron chi connectivity index (χ3n) is 2.38. The fourth-order valence-corrected chi connectivity index (χ4v) is 3.28. The van der Waals surface area contributed by atoms with Crippen molar-refractivity contribution in [2.45, 2.75) is 17.2 Å². The summed E-state index contributed by atoms with van der Waals surface area (Å²) >= 11 is 2.74. The molecular weight excluding hydrogens is 268 g/mol. The number of thioether (sulfide) groups is 1. The molecule has 0 spiro atoms. The van der Waals surface area contributed by atoms with Gasteiger partial charge >= 0.3 is 5.97 Å². The molecule has 1 aromatic heterocycles. The number of aryl methyl sites for hydroxylation is 1. The van der Waals surface area contributed by atoms with Crippen LogP contribution in [0.2, 0.25) is 0 Å². The van der Waals surface area contributed by atoms with Gasteiger partial charge in [0.1, 0.15) is 5.82 Å². The van der Waals surface area contributed by atoms with E-state index in [0.29, 0.717) is 5.75 Å². The number of nitrogens with zero attached hydrogens (tertiary/aromatic N) is 2. The van der Waals surface area contributed by atoms with Crippen LogP contribution in [0.1, 0.15) is 17.3 Å². The van der Waals surface area contributed by atoms with E-state index in [0.717, 1.165) is 15.7 Å². The number of carboxylic acids is 1. The SMILES string of the molecule is Cc1nsc(SCC(C(=O)O)c2ccccc2)n1. The molecule has 0 bridgehead atoms. The first-order valence-corrected chi connectivity index (χ1v) is 7.13. The zero-order valence-electron chi connectivity index (χ0n) is 9.74. The molecule has 0 aliphatic heterocycles. The first kappa shape index (κ1) is 13.0. The highest BCUT2D eigenvalue weighted by molar-refractivity contribution is 8.01. The molecule has 1 aromatic carbocycles. The Labute approximate surface area is 113 Å². The van der Waals surface area contributed by atoms with Gasteiger partial charge in [-0.1, -0.05) is 42.1 Å². The van der Waals surface area contributed by atoms with Crippen molar-refractivity contribution in [1.82, 2.24) is 9.36 Å². The van der Waals surface area contributed by atoms with Gasteiger partial charge in [0.25, 0.3) is 0 Å². The van der Waals surface area contributed by atoms with Crippen LogP contribution in [-0.2, 0) is 4.79 Å². The van der Waals surface area contributed by atoms with Gasteiger partial charge in [0.05, 0.1) is 5.92 Å². The third-order valence-corrected chi connectivity index (χ3v) is 4.40. The zero-order chi connectivity index (χ0) is 13.0. The van der Waals surface area contributed by atoms with E-state index in [9.17, 15) is 9.90 Å². The Balaban J connectivity index is 2.06. The molecule has 0 fully saturated rings. The second-order valence-electron chi connectivity index (χ2n) is 3.72. The summed E-state index contributed by atoms with van der Waals surface area (Å²) in [6.07, 6.45) is 0. The van der Waals surface area contributed by atoms with Crippen LogP contribution in [0.25, 0.3) is 0 Å². The van der Waals surface area contributed by atoms with Gasteiger partial charge in [-0.25, -0.2) is 4.98 Å². The maximum atomic E-state index is 11.3. The summed E-state index contributed by atoms with van der Waals surface area (Å²) in [7, 11) is 0. The zero-order valence-corrected chi connectivity index (χ0v) is 11.4. The Morgan fingerprint density at radius 1 is 1.44 bits per heavy atom. The lowest BCUT2D eigenvalue weighted by molar-refractivity contribution is -0.138. The summed E-state index contributed by atoms with van der Waals surface area (Å²) in [5.74, 6) is -0.127. The molecule has 18 heavy (non-hydrogen) atoms. The van der Waals surface area contributed by atoms with Crippen molar-refractivity contribution in [2.24, 2.45) is 0 Å². The number of carbonyl (C=O) groups is 1. The average Bonchev–Trinajstić information content (AvgIpc) is 2.76. The quantitative estimate of drug-likeness (QED) is 0.853. The molecule has 0 aliphatic rings. The summed E-state index contributed by atoms with van der Waals surface area (Å²) in [4.78, 5) is 15.5. The number of benzene rings is 1. The van der Waals surface area contributed by atoms with E-state index in [1.165, 1.54) is 23.3 Å². The van der Waals surface area contributed by atoms with Crippen LogP contribution in [-0.4, -0.2) is 26.2 Å². The minimum absolute atomic E-state index is 0.466. The molecule has 1 N–H and O–H groups in total. The molecule has 1 atom stereocenters. The number of hydrogen-bond acceptors (Lipinski definition) is 5. The molecule has 2 aromatic rings. The van der Waals surface area contributed by atoms with E-state index in [4.69, 9.17) is 0 Å². The fourth-order valence-electron chi connectivity index (χ4n) is 1.49. The van der Waals surface area contributed by atoms with Gasteiger partial charge in [0.2, 0.25) is 0 Å². The van der Waals surface area contributed by atoms with Crippen LogP contribution in [0.5, 0.6) is 0 Å². The van der Waals surface area contributed by atoms with Gasteiger partial charge in [0, 0.05) is 5.75 Å². The molecule has 0 saturated carbocycles. The van der Waals surface area contributed by atoms with Gasteiger partial charge in [-0.05, 0) is 24.0 Å². The number of aliphatic carboxylic acids is 1. The fraction of sp³-hybridized carbons (Fsp3) is 0.250. The molecule has 1 unspecified atom stereocenters. The maximum absolute atomic E-state index is 11.3. The molecule has 0 aliphatic carbocycles. The first-order chi connectivity index (χ1) is 8.66. The highest BCUT2D eigenvalue weighted by Gasteiger charge is 2.20. The number of aromatic nitrogens is 2. The van der Waals surface area contributed by atoms with Crippen LogP contribution < -0.4 is 0 Å². The second-order valence-corrected chi connectivity index (χ2v) is 5.74. The van der Waals surface area contributed by atoms with Gasteiger partial charge < -0.3 is 5.11 Å². The van der Waals surface area contributed by atoms with Gasteiger partial charge in [-0.3, -0.25) is 4.79 Å². The molecule has 94 valence electrons. The van der Waals surface area contributed by atoms with E-state index >= 15 is 0 Å². The van der Waals surface area contributed by atoms with Crippen LogP contribution in [0, 0.1) is 6.92 Å².